The summed E-state index contributed by atoms with van der Waals surface area (Å²) >= 11 is 0. The normalized spacial score (nSPS) is 12.2. The van der Waals surface area contributed by atoms with Crippen LogP contribution in [0, 0.1) is 6.92 Å². The van der Waals surface area contributed by atoms with Crippen LogP contribution in [0.3, 0.4) is 0 Å². The van der Waals surface area contributed by atoms with Crippen LogP contribution in [0.2, 0.25) is 0 Å². The number of carbonyl (C=O) groups is 2. The maximum absolute atomic E-state index is 12.0. The third-order valence-electron chi connectivity index (χ3n) is 4.25. The van der Waals surface area contributed by atoms with Crippen LogP contribution in [0.15, 0.2) is 24.4 Å². The van der Waals surface area contributed by atoms with Gasteiger partial charge < -0.3 is 20.8 Å². The van der Waals surface area contributed by atoms with Crippen molar-refractivity contribution in [1.82, 2.24) is 10.3 Å². The number of aromatic amines is 1. The number of H-pyrrole nitrogens is 1. The van der Waals surface area contributed by atoms with Gasteiger partial charge in [-0.15, -0.1) is 0 Å². The SMILES string of the molecule is Cc1ccc2c(CCCC(=O)N[C@H](C=O)CCCCN)c[nH]c2c1. The smallest absolute Gasteiger partial charge is 0.220 e. The van der Waals surface area contributed by atoms with Crippen molar-refractivity contribution in [2.75, 3.05) is 6.54 Å². The first kappa shape index (κ1) is 18.2. The molecule has 0 aliphatic heterocycles. The van der Waals surface area contributed by atoms with E-state index in [1.807, 2.05) is 6.20 Å². The Balaban J connectivity index is 1.78. The van der Waals surface area contributed by atoms with Crippen LogP contribution in [-0.2, 0) is 16.0 Å². The van der Waals surface area contributed by atoms with Crippen LogP contribution in [-0.4, -0.2) is 29.8 Å². The van der Waals surface area contributed by atoms with Gasteiger partial charge in [-0.3, -0.25) is 4.79 Å². The summed E-state index contributed by atoms with van der Waals surface area (Å²) in [5, 5.41) is 4.01. The molecule has 130 valence electrons. The van der Waals surface area contributed by atoms with E-state index in [2.05, 4.69) is 35.4 Å². The van der Waals surface area contributed by atoms with Crippen molar-refractivity contribution >= 4 is 23.1 Å². The van der Waals surface area contributed by atoms with Gasteiger partial charge in [0.15, 0.2) is 0 Å². The van der Waals surface area contributed by atoms with E-state index in [9.17, 15) is 9.59 Å². The number of carbonyl (C=O) groups excluding carboxylic acids is 2. The van der Waals surface area contributed by atoms with Crippen LogP contribution >= 0.6 is 0 Å². The lowest BCUT2D eigenvalue weighted by atomic mass is 10.1. The molecule has 0 spiro atoms. The van der Waals surface area contributed by atoms with Gasteiger partial charge in [-0.25, -0.2) is 0 Å². The largest absolute Gasteiger partial charge is 0.361 e. The molecule has 1 atom stereocenters. The summed E-state index contributed by atoms with van der Waals surface area (Å²) in [4.78, 5) is 26.3. The molecule has 1 amide bonds. The van der Waals surface area contributed by atoms with E-state index in [0.717, 1.165) is 37.5 Å². The molecule has 1 heterocycles. The van der Waals surface area contributed by atoms with Crippen molar-refractivity contribution in [3.63, 3.8) is 0 Å². The second kappa shape index (κ2) is 9.23. The number of benzene rings is 1. The molecule has 5 nitrogen and oxygen atoms in total. The summed E-state index contributed by atoms with van der Waals surface area (Å²) < 4.78 is 0. The fourth-order valence-corrected chi connectivity index (χ4v) is 2.91. The van der Waals surface area contributed by atoms with E-state index in [1.165, 1.54) is 16.5 Å². The Labute approximate surface area is 143 Å². The van der Waals surface area contributed by atoms with Gasteiger partial charge in [0, 0.05) is 23.5 Å². The summed E-state index contributed by atoms with van der Waals surface area (Å²) in [7, 11) is 0. The molecule has 0 bridgehead atoms. The number of nitrogens with two attached hydrogens (primary N) is 1. The number of nitrogens with one attached hydrogen (secondary N) is 2. The molecule has 24 heavy (non-hydrogen) atoms. The van der Waals surface area contributed by atoms with Crippen molar-refractivity contribution in [2.24, 2.45) is 5.73 Å². The van der Waals surface area contributed by atoms with Crippen LogP contribution in [0.4, 0.5) is 0 Å². The maximum atomic E-state index is 12.0. The Morgan fingerprint density at radius 3 is 2.92 bits per heavy atom. The van der Waals surface area contributed by atoms with Crippen molar-refractivity contribution in [1.29, 1.82) is 0 Å². The Morgan fingerprint density at radius 1 is 1.33 bits per heavy atom. The standard InChI is InChI=1S/C19H27N3O2/c1-14-8-9-17-15(12-21-18(17)11-14)5-4-7-19(24)22-16(13-23)6-2-3-10-20/h8-9,11-13,16,21H,2-7,10,20H2,1H3,(H,22,24)/t16-/m0/s1. The summed E-state index contributed by atoms with van der Waals surface area (Å²) in [6.07, 6.45) is 7.26. The van der Waals surface area contributed by atoms with Gasteiger partial charge in [0.05, 0.1) is 6.04 Å². The molecule has 1 aromatic carbocycles. The second-order valence-electron chi connectivity index (χ2n) is 6.31. The number of fused-ring (bicyclic) bond motifs is 1. The minimum absolute atomic E-state index is 0.0597. The quantitative estimate of drug-likeness (QED) is 0.462. The molecule has 1 aromatic heterocycles. The minimum atomic E-state index is -0.389. The predicted molar refractivity (Wildman–Crippen MR) is 96.9 cm³/mol. The first-order valence-corrected chi connectivity index (χ1v) is 8.65. The highest BCUT2D eigenvalue weighted by molar-refractivity contribution is 5.84. The van der Waals surface area contributed by atoms with E-state index >= 15 is 0 Å². The Kier molecular flexibility index (Phi) is 7.00. The Morgan fingerprint density at radius 2 is 2.17 bits per heavy atom. The molecule has 0 radical (unpaired) electrons. The van der Waals surface area contributed by atoms with Crippen molar-refractivity contribution < 1.29 is 9.59 Å². The number of aldehydes is 1. The number of aromatic nitrogens is 1. The van der Waals surface area contributed by atoms with Crippen molar-refractivity contribution in [3.8, 4) is 0 Å². The lowest BCUT2D eigenvalue weighted by Crippen LogP contribution is -2.35. The zero-order valence-corrected chi connectivity index (χ0v) is 14.3. The molecule has 0 fully saturated rings. The van der Waals surface area contributed by atoms with Gasteiger partial charge in [0.1, 0.15) is 6.29 Å². The predicted octanol–water partition coefficient (Wildman–Crippen LogP) is 2.61. The number of amides is 1. The van der Waals surface area contributed by atoms with Gasteiger partial charge in [0.2, 0.25) is 5.91 Å². The molecular formula is C19H27N3O2. The zero-order valence-electron chi connectivity index (χ0n) is 14.3. The number of hydrogen-bond donors (Lipinski definition) is 3. The van der Waals surface area contributed by atoms with E-state index in [4.69, 9.17) is 5.73 Å². The molecule has 0 aliphatic rings. The number of aryl methyl sites for hydroxylation is 2. The highest BCUT2D eigenvalue weighted by Crippen LogP contribution is 2.21. The first-order valence-electron chi connectivity index (χ1n) is 8.65. The van der Waals surface area contributed by atoms with Crippen molar-refractivity contribution in [3.05, 3.63) is 35.5 Å². The molecule has 0 unspecified atom stereocenters. The zero-order chi connectivity index (χ0) is 17.4. The fourth-order valence-electron chi connectivity index (χ4n) is 2.91. The summed E-state index contributed by atoms with van der Waals surface area (Å²) in [6.45, 7) is 2.69. The number of hydrogen-bond acceptors (Lipinski definition) is 3. The van der Waals surface area contributed by atoms with E-state index < -0.39 is 0 Å². The molecule has 5 heteroatoms. The summed E-state index contributed by atoms with van der Waals surface area (Å²) in [5.74, 6) is -0.0597. The first-order chi connectivity index (χ1) is 11.6. The van der Waals surface area contributed by atoms with Crippen LogP contribution in [0.5, 0.6) is 0 Å². The lowest BCUT2D eigenvalue weighted by Gasteiger charge is -2.12. The van der Waals surface area contributed by atoms with Crippen LogP contribution in [0.25, 0.3) is 10.9 Å². The van der Waals surface area contributed by atoms with Crippen LogP contribution in [0.1, 0.15) is 43.2 Å². The molecular weight excluding hydrogens is 302 g/mol. The van der Waals surface area contributed by atoms with Crippen molar-refractivity contribution in [2.45, 2.75) is 51.5 Å². The third kappa shape index (κ3) is 5.20. The van der Waals surface area contributed by atoms with Crippen LogP contribution < -0.4 is 11.1 Å². The highest BCUT2D eigenvalue weighted by atomic mass is 16.2. The third-order valence-corrected chi connectivity index (χ3v) is 4.25. The van der Waals surface area contributed by atoms with Gasteiger partial charge in [-0.1, -0.05) is 12.1 Å². The Bertz CT molecular complexity index is 678. The molecule has 2 aromatic rings. The topological polar surface area (TPSA) is 88.0 Å². The summed E-state index contributed by atoms with van der Waals surface area (Å²) in [5.41, 5.74) is 9.03. The van der Waals surface area contributed by atoms with E-state index in [0.29, 0.717) is 19.4 Å². The molecule has 4 N–H and O–H groups in total. The molecule has 0 saturated heterocycles. The molecule has 0 aliphatic carbocycles. The minimum Gasteiger partial charge on any atom is -0.361 e. The fraction of sp³-hybridized carbons (Fsp3) is 0.474. The number of rotatable bonds is 10. The maximum Gasteiger partial charge on any atom is 0.220 e. The number of unbranched alkanes of at least 4 members (excludes halogenated alkanes) is 1. The van der Waals surface area contributed by atoms with Gasteiger partial charge >= 0.3 is 0 Å². The van der Waals surface area contributed by atoms with Gasteiger partial charge in [0.25, 0.3) is 0 Å². The molecule has 2 rings (SSSR count). The van der Waals surface area contributed by atoms with E-state index in [-0.39, 0.29) is 11.9 Å². The average molecular weight is 329 g/mol. The molecule has 0 saturated carbocycles. The lowest BCUT2D eigenvalue weighted by molar-refractivity contribution is -0.124. The average Bonchev–Trinajstić information content (AvgIpc) is 2.96. The van der Waals surface area contributed by atoms with E-state index in [1.54, 1.807) is 0 Å². The monoisotopic (exact) mass is 329 g/mol. The second-order valence-corrected chi connectivity index (χ2v) is 6.31. The Hall–Kier alpha value is -2.14. The highest BCUT2D eigenvalue weighted by Gasteiger charge is 2.11. The van der Waals surface area contributed by atoms with Gasteiger partial charge in [-0.2, -0.15) is 0 Å². The summed E-state index contributed by atoms with van der Waals surface area (Å²) in [6, 6.07) is 5.96. The van der Waals surface area contributed by atoms with Gasteiger partial charge in [-0.05, 0) is 62.8 Å².